The van der Waals surface area contributed by atoms with Crippen LogP contribution >= 0.6 is 15.9 Å². The molecule has 1 amide bonds. The zero-order chi connectivity index (χ0) is 16.9. The molecule has 0 atom stereocenters. The van der Waals surface area contributed by atoms with Crippen LogP contribution in [0.5, 0.6) is 17.4 Å². The quantitative estimate of drug-likeness (QED) is 0.645. The number of para-hydroxylation sites is 2. The van der Waals surface area contributed by atoms with E-state index in [1.165, 1.54) is 6.07 Å². The second-order valence-corrected chi connectivity index (χ2v) is 5.80. The van der Waals surface area contributed by atoms with Crippen molar-refractivity contribution in [3.8, 4) is 17.4 Å². The van der Waals surface area contributed by atoms with Crippen molar-refractivity contribution in [1.82, 2.24) is 4.98 Å². The van der Waals surface area contributed by atoms with Gasteiger partial charge in [-0.15, -0.1) is 0 Å². The number of carbonyl (C=O) groups is 1. The Kier molecular flexibility index (Phi) is 4.77. The maximum atomic E-state index is 12.5. The number of nitrogens with zero attached hydrogens (tertiary/aromatic N) is 1. The fourth-order valence-corrected chi connectivity index (χ4v) is 2.29. The molecule has 0 aliphatic carbocycles. The van der Waals surface area contributed by atoms with Crippen LogP contribution in [0.4, 0.5) is 5.69 Å². The Morgan fingerprint density at radius 3 is 2.54 bits per heavy atom. The highest BCUT2D eigenvalue weighted by molar-refractivity contribution is 9.10. The van der Waals surface area contributed by atoms with E-state index in [1.54, 1.807) is 48.7 Å². The van der Waals surface area contributed by atoms with Gasteiger partial charge in [0.2, 0.25) is 5.88 Å². The third kappa shape index (κ3) is 3.72. The Morgan fingerprint density at radius 2 is 1.79 bits per heavy atom. The summed E-state index contributed by atoms with van der Waals surface area (Å²) >= 11 is 3.35. The zero-order valence-electron chi connectivity index (χ0n) is 12.4. The molecule has 0 saturated carbocycles. The lowest BCUT2D eigenvalue weighted by Crippen LogP contribution is -2.13. The smallest absolute Gasteiger partial charge is 0.261 e. The Morgan fingerprint density at radius 1 is 1.04 bits per heavy atom. The largest absolute Gasteiger partial charge is 0.506 e. The van der Waals surface area contributed by atoms with Gasteiger partial charge in [0.05, 0.1) is 5.69 Å². The van der Waals surface area contributed by atoms with Crippen LogP contribution in [0.1, 0.15) is 10.4 Å². The number of ether oxygens (including phenoxy) is 1. The normalized spacial score (nSPS) is 10.2. The molecule has 0 bridgehead atoms. The zero-order valence-corrected chi connectivity index (χ0v) is 14.0. The molecule has 6 heteroatoms. The van der Waals surface area contributed by atoms with E-state index in [2.05, 4.69) is 26.2 Å². The number of carbonyl (C=O) groups excluding carboxylic acids is 1. The number of nitrogens with one attached hydrogen (secondary N) is 1. The molecule has 1 heterocycles. The summed E-state index contributed by atoms with van der Waals surface area (Å²) in [6, 6.07) is 17.0. The van der Waals surface area contributed by atoms with Crippen LogP contribution in [0.15, 0.2) is 71.3 Å². The van der Waals surface area contributed by atoms with Gasteiger partial charge in [-0.3, -0.25) is 4.79 Å². The predicted octanol–water partition coefficient (Wildman–Crippen LogP) is 4.59. The molecule has 5 nitrogen and oxygen atoms in total. The summed E-state index contributed by atoms with van der Waals surface area (Å²) in [5.41, 5.74) is 0.588. The highest BCUT2D eigenvalue weighted by atomic mass is 79.9. The minimum Gasteiger partial charge on any atom is -0.506 e. The van der Waals surface area contributed by atoms with Crippen molar-refractivity contribution in [3.63, 3.8) is 0 Å². The second kappa shape index (κ2) is 7.14. The highest BCUT2D eigenvalue weighted by Gasteiger charge is 2.15. The fourth-order valence-electron chi connectivity index (χ4n) is 2.03. The average Bonchev–Trinajstić information content (AvgIpc) is 2.59. The number of phenols is 1. The summed E-state index contributed by atoms with van der Waals surface area (Å²) < 4.78 is 6.62. The molecule has 0 aliphatic heterocycles. The Labute approximate surface area is 147 Å². The molecule has 0 spiro atoms. The molecule has 0 fully saturated rings. The van der Waals surface area contributed by atoms with E-state index in [9.17, 15) is 9.90 Å². The summed E-state index contributed by atoms with van der Waals surface area (Å²) in [4.78, 5) is 16.6. The molecule has 3 aromatic rings. The number of hydrogen-bond donors (Lipinski definition) is 2. The van der Waals surface area contributed by atoms with E-state index in [1.807, 2.05) is 12.1 Å². The molecule has 24 heavy (non-hydrogen) atoms. The molecular formula is C18H13BrN2O3. The van der Waals surface area contributed by atoms with Gasteiger partial charge in [0.1, 0.15) is 17.1 Å². The number of rotatable bonds is 4. The summed E-state index contributed by atoms with van der Waals surface area (Å²) in [5, 5.41) is 12.4. The van der Waals surface area contributed by atoms with Gasteiger partial charge in [-0.05, 0) is 48.5 Å². The van der Waals surface area contributed by atoms with Gasteiger partial charge in [-0.2, -0.15) is 0 Å². The van der Waals surface area contributed by atoms with Crippen LogP contribution in [0.3, 0.4) is 0 Å². The minimum atomic E-state index is -0.420. The number of hydrogen-bond acceptors (Lipinski definition) is 4. The van der Waals surface area contributed by atoms with Crippen molar-refractivity contribution in [1.29, 1.82) is 0 Å². The number of aromatic hydroxyl groups is 1. The van der Waals surface area contributed by atoms with Crippen molar-refractivity contribution < 1.29 is 14.6 Å². The standard InChI is InChI=1S/C18H13BrN2O3/c19-12-7-9-13(10-8-12)24-18-14(4-3-11-20-18)17(23)21-15-5-1-2-6-16(15)22/h1-11,22H,(H,21,23). The lowest BCUT2D eigenvalue weighted by molar-refractivity contribution is 0.102. The molecular weight excluding hydrogens is 372 g/mol. The molecule has 0 aliphatic rings. The summed E-state index contributed by atoms with van der Waals surface area (Å²) in [5.74, 6) is 0.322. The molecule has 2 aromatic carbocycles. The van der Waals surface area contributed by atoms with Crippen LogP contribution < -0.4 is 10.1 Å². The van der Waals surface area contributed by atoms with Gasteiger partial charge in [-0.1, -0.05) is 28.1 Å². The SMILES string of the molecule is O=C(Nc1ccccc1O)c1cccnc1Oc1ccc(Br)cc1. The van der Waals surface area contributed by atoms with E-state index < -0.39 is 5.91 Å². The first-order valence-electron chi connectivity index (χ1n) is 7.11. The lowest BCUT2D eigenvalue weighted by Gasteiger charge is -2.11. The molecule has 1 aromatic heterocycles. The first-order valence-corrected chi connectivity index (χ1v) is 7.90. The number of phenolic OH excluding ortho intramolecular Hbond substituents is 1. The predicted molar refractivity (Wildman–Crippen MR) is 94.5 cm³/mol. The number of benzene rings is 2. The third-order valence-corrected chi connectivity index (χ3v) is 3.72. The second-order valence-electron chi connectivity index (χ2n) is 4.88. The maximum absolute atomic E-state index is 12.5. The first-order chi connectivity index (χ1) is 11.6. The molecule has 3 rings (SSSR count). The van der Waals surface area contributed by atoms with E-state index >= 15 is 0 Å². The van der Waals surface area contributed by atoms with E-state index in [4.69, 9.17) is 4.74 Å². The number of amides is 1. The molecule has 0 radical (unpaired) electrons. The van der Waals surface area contributed by atoms with Gasteiger partial charge < -0.3 is 15.2 Å². The monoisotopic (exact) mass is 384 g/mol. The Bertz CT molecular complexity index is 866. The van der Waals surface area contributed by atoms with Gasteiger partial charge in [0, 0.05) is 10.7 Å². The van der Waals surface area contributed by atoms with Crippen LogP contribution in [0.25, 0.3) is 0 Å². The molecule has 120 valence electrons. The summed E-state index contributed by atoms with van der Waals surface area (Å²) in [6.45, 7) is 0. The highest BCUT2D eigenvalue weighted by Crippen LogP contribution is 2.27. The number of anilines is 1. The van der Waals surface area contributed by atoms with Crippen LogP contribution in [0.2, 0.25) is 0 Å². The molecule has 2 N–H and O–H groups in total. The van der Waals surface area contributed by atoms with Crippen molar-refractivity contribution >= 4 is 27.5 Å². The van der Waals surface area contributed by atoms with Crippen LogP contribution in [-0.4, -0.2) is 16.0 Å². The van der Waals surface area contributed by atoms with Crippen LogP contribution in [0, 0.1) is 0 Å². The summed E-state index contributed by atoms with van der Waals surface area (Å²) in [6.07, 6.45) is 1.55. The van der Waals surface area contributed by atoms with Gasteiger partial charge in [0.25, 0.3) is 5.91 Å². The number of aromatic nitrogens is 1. The van der Waals surface area contributed by atoms with Crippen molar-refractivity contribution in [2.24, 2.45) is 0 Å². The summed E-state index contributed by atoms with van der Waals surface area (Å²) in [7, 11) is 0. The Balaban J connectivity index is 1.84. The maximum Gasteiger partial charge on any atom is 0.261 e. The fraction of sp³-hybridized carbons (Fsp3) is 0. The first kappa shape index (κ1) is 16.0. The van der Waals surface area contributed by atoms with Crippen molar-refractivity contribution in [3.05, 3.63) is 76.9 Å². The minimum absolute atomic E-state index is 0.00915. The van der Waals surface area contributed by atoms with Crippen LogP contribution in [-0.2, 0) is 0 Å². The van der Waals surface area contributed by atoms with E-state index in [0.717, 1.165) is 4.47 Å². The van der Waals surface area contributed by atoms with Gasteiger partial charge in [0.15, 0.2) is 0 Å². The average molecular weight is 385 g/mol. The lowest BCUT2D eigenvalue weighted by atomic mass is 10.2. The van der Waals surface area contributed by atoms with Gasteiger partial charge in [-0.25, -0.2) is 4.98 Å². The van der Waals surface area contributed by atoms with Crippen molar-refractivity contribution in [2.45, 2.75) is 0 Å². The number of pyridine rings is 1. The third-order valence-electron chi connectivity index (χ3n) is 3.20. The Hall–Kier alpha value is -2.86. The molecule has 0 saturated heterocycles. The number of halogens is 1. The topological polar surface area (TPSA) is 71.5 Å². The molecule has 0 unspecified atom stereocenters. The van der Waals surface area contributed by atoms with Crippen molar-refractivity contribution in [2.75, 3.05) is 5.32 Å². The van der Waals surface area contributed by atoms with Gasteiger partial charge >= 0.3 is 0 Å². The van der Waals surface area contributed by atoms with E-state index in [-0.39, 0.29) is 17.2 Å². The van der Waals surface area contributed by atoms with E-state index in [0.29, 0.717) is 11.4 Å².